The number of rotatable bonds is 7. The first-order chi connectivity index (χ1) is 18.2. The fourth-order valence-corrected chi connectivity index (χ4v) is 4.65. The minimum Gasteiger partial charge on any atom is -0.476 e. The topological polar surface area (TPSA) is 135 Å². The van der Waals surface area contributed by atoms with Crippen LogP contribution in [0.1, 0.15) is 29.3 Å². The Balaban J connectivity index is 1.62. The highest BCUT2D eigenvalue weighted by molar-refractivity contribution is 6.05. The quantitative estimate of drug-likeness (QED) is 0.524. The minimum atomic E-state index is -1.49. The van der Waals surface area contributed by atoms with Gasteiger partial charge in [0.2, 0.25) is 5.76 Å². The van der Waals surface area contributed by atoms with Gasteiger partial charge in [-0.1, -0.05) is 48.5 Å². The number of likely N-dealkylation sites (tertiary alicyclic amines) is 1. The second-order valence-electron chi connectivity index (χ2n) is 9.20. The van der Waals surface area contributed by atoms with Gasteiger partial charge in [0.25, 0.3) is 5.91 Å². The molecule has 1 unspecified atom stereocenters. The van der Waals surface area contributed by atoms with Gasteiger partial charge in [-0.25, -0.2) is 14.4 Å². The molecule has 2 amide bonds. The van der Waals surface area contributed by atoms with Crippen molar-refractivity contribution in [1.29, 1.82) is 0 Å². The fourth-order valence-electron chi connectivity index (χ4n) is 4.65. The predicted octanol–water partition coefficient (Wildman–Crippen LogP) is 2.34. The van der Waals surface area contributed by atoms with Gasteiger partial charge >= 0.3 is 18.0 Å². The number of nitrogens with one attached hydrogen (secondary N) is 1. The van der Waals surface area contributed by atoms with Crippen LogP contribution in [0.15, 0.2) is 72.1 Å². The number of hydrogen-bond donors (Lipinski definition) is 2. The smallest absolute Gasteiger partial charge is 0.410 e. The zero-order valence-corrected chi connectivity index (χ0v) is 21.2. The van der Waals surface area contributed by atoms with Gasteiger partial charge in [0, 0.05) is 14.2 Å². The zero-order valence-electron chi connectivity index (χ0n) is 21.2. The minimum absolute atomic E-state index is 0.0410. The molecule has 2 aliphatic heterocycles. The monoisotopic (exact) mass is 523 g/mol. The summed E-state index contributed by atoms with van der Waals surface area (Å²) in [4.78, 5) is 54.1. The first-order valence-corrected chi connectivity index (χ1v) is 12.0. The largest absolute Gasteiger partial charge is 0.476 e. The van der Waals surface area contributed by atoms with Crippen molar-refractivity contribution in [3.8, 4) is 0 Å². The Hall–Kier alpha value is -4.38. The Labute approximate surface area is 219 Å². The van der Waals surface area contributed by atoms with Gasteiger partial charge in [0.05, 0.1) is 24.3 Å². The normalized spacial score (nSPS) is 23.2. The third kappa shape index (κ3) is 5.18. The number of amides is 2. The summed E-state index contributed by atoms with van der Waals surface area (Å²) in [6.45, 7) is 1.82. The highest BCUT2D eigenvalue weighted by Crippen LogP contribution is 2.35. The second-order valence-corrected chi connectivity index (χ2v) is 9.20. The van der Waals surface area contributed by atoms with Crippen LogP contribution in [-0.4, -0.2) is 77.4 Å². The van der Waals surface area contributed by atoms with Crippen LogP contribution in [0, 0.1) is 0 Å². The number of methoxy groups -OCH3 is 1. The molecule has 11 nitrogen and oxygen atoms in total. The summed E-state index contributed by atoms with van der Waals surface area (Å²) in [5, 5.41) is 12.8. The Morgan fingerprint density at radius 1 is 1.08 bits per heavy atom. The first kappa shape index (κ1) is 26.7. The van der Waals surface area contributed by atoms with Crippen molar-refractivity contribution in [2.75, 3.05) is 20.7 Å². The van der Waals surface area contributed by atoms with Crippen molar-refractivity contribution in [3.05, 3.63) is 83.2 Å². The van der Waals surface area contributed by atoms with Gasteiger partial charge < -0.3 is 29.5 Å². The summed E-state index contributed by atoms with van der Waals surface area (Å²) >= 11 is 0. The number of benzene rings is 2. The summed E-state index contributed by atoms with van der Waals surface area (Å²) in [5.41, 5.74) is -1.03. The molecule has 0 aromatic heterocycles. The second kappa shape index (κ2) is 10.9. The maximum absolute atomic E-state index is 13.4. The van der Waals surface area contributed by atoms with Crippen molar-refractivity contribution < 1.29 is 38.5 Å². The molecule has 0 spiro atoms. The van der Waals surface area contributed by atoms with Gasteiger partial charge in [-0.2, -0.15) is 0 Å². The van der Waals surface area contributed by atoms with E-state index in [-0.39, 0.29) is 24.8 Å². The van der Waals surface area contributed by atoms with Gasteiger partial charge in [-0.15, -0.1) is 0 Å². The van der Waals surface area contributed by atoms with E-state index >= 15 is 0 Å². The molecule has 1 saturated heterocycles. The molecule has 38 heavy (non-hydrogen) atoms. The lowest BCUT2D eigenvalue weighted by molar-refractivity contribution is -0.144. The molecule has 2 heterocycles. The molecule has 1 fully saturated rings. The van der Waals surface area contributed by atoms with E-state index in [1.54, 1.807) is 25.1 Å². The van der Waals surface area contributed by atoms with Crippen LogP contribution >= 0.6 is 0 Å². The van der Waals surface area contributed by atoms with E-state index < -0.39 is 47.1 Å². The molecule has 2 aromatic rings. The Kier molecular flexibility index (Phi) is 7.67. The van der Waals surface area contributed by atoms with Crippen molar-refractivity contribution in [3.63, 3.8) is 0 Å². The summed E-state index contributed by atoms with van der Waals surface area (Å²) in [5.74, 6) is -3.84. The van der Waals surface area contributed by atoms with Gasteiger partial charge in [-0.05, 0) is 31.0 Å². The maximum Gasteiger partial charge on any atom is 0.410 e. The number of likely N-dealkylation sites (N-methyl/N-ethyl adjacent to an activating group) is 1. The fraction of sp³-hybridized carbons (Fsp3) is 0.333. The van der Waals surface area contributed by atoms with E-state index in [0.29, 0.717) is 6.42 Å². The molecule has 3 atom stereocenters. The van der Waals surface area contributed by atoms with Crippen molar-refractivity contribution in [2.24, 2.45) is 0 Å². The van der Waals surface area contributed by atoms with E-state index in [0.717, 1.165) is 5.56 Å². The molecule has 4 rings (SSSR count). The first-order valence-electron chi connectivity index (χ1n) is 12.0. The third-order valence-electron chi connectivity index (χ3n) is 6.90. The number of carbonyl (C=O) groups excluding carboxylic acids is 3. The summed E-state index contributed by atoms with van der Waals surface area (Å²) < 4.78 is 16.3. The van der Waals surface area contributed by atoms with E-state index in [1.807, 2.05) is 30.3 Å². The molecule has 200 valence electrons. The van der Waals surface area contributed by atoms with Crippen LogP contribution in [0.4, 0.5) is 4.79 Å². The highest BCUT2D eigenvalue weighted by Gasteiger charge is 2.54. The lowest BCUT2D eigenvalue weighted by Crippen LogP contribution is -2.70. The van der Waals surface area contributed by atoms with E-state index in [4.69, 9.17) is 14.2 Å². The molecular formula is C27H29N3O8. The lowest BCUT2D eigenvalue weighted by atomic mass is 9.94. The summed E-state index contributed by atoms with van der Waals surface area (Å²) in [6.07, 6.45) is -0.713. The van der Waals surface area contributed by atoms with E-state index in [9.17, 15) is 24.3 Å². The molecule has 0 radical (unpaired) electrons. The van der Waals surface area contributed by atoms with Crippen LogP contribution < -0.4 is 5.32 Å². The number of carboxylic acid groups (broad SMARTS) is 1. The van der Waals surface area contributed by atoms with Crippen LogP contribution in [0.25, 0.3) is 0 Å². The molecule has 0 saturated carbocycles. The molecular weight excluding hydrogens is 494 g/mol. The van der Waals surface area contributed by atoms with Gasteiger partial charge in [0.15, 0.2) is 5.70 Å². The number of nitrogens with zero attached hydrogens (tertiary/aromatic N) is 2. The summed E-state index contributed by atoms with van der Waals surface area (Å²) in [7, 11) is 2.95. The Bertz CT molecular complexity index is 1250. The number of ether oxygens (including phenoxy) is 3. The Morgan fingerprint density at radius 3 is 2.32 bits per heavy atom. The molecule has 2 aromatic carbocycles. The molecule has 11 heteroatoms. The molecule has 2 N–H and O–H groups in total. The van der Waals surface area contributed by atoms with Crippen LogP contribution in [-0.2, 0) is 30.4 Å². The summed E-state index contributed by atoms with van der Waals surface area (Å²) in [6, 6.07) is 16.3. The number of carbonyl (C=O) groups is 4. The van der Waals surface area contributed by atoms with Crippen molar-refractivity contribution in [1.82, 2.24) is 15.1 Å². The lowest BCUT2D eigenvalue weighted by Gasteiger charge is -2.49. The number of aliphatic carboxylic acids is 1. The van der Waals surface area contributed by atoms with Crippen LogP contribution in [0.5, 0.6) is 0 Å². The SMILES string of the molecule is CO[C@@H]1C[C@@H](C2(C)NC(C(=O)O)=C(OC(=O)c3ccccc3)C(=O)N2C)N(C(=O)OCc2ccccc2)C1. The number of esters is 1. The standard InChI is InChI=1S/C27H29N3O8/c1-27(20-14-19(36-3)15-30(20)26(35)37-16-17-10-6-4-7-11-17)28-21(24(32)33)22(23(31)29(27)2)38-25(34)18-12-8-5-9-13-18/h4-13,19-20,28H,14-16H2,1-3H3,(H,32,33)/t19-,20+,27?/m1/s1. The van der Waals surface area contributed by atoms with Gasteiger partial charge in [0.1, 0.15) is 12.3 Å². The van der Waals surface area contributed by atoms with Crippen LogP contribution in [0.3, 0.4) is 0 Å². The van der Waals surface area contributed by atoms with Gasteiger partial charge in [-0.3, -0.25) is 9.69 Å². The Morgan fingerprint density at radius 2 is 1.71 bits per heavy atom. The van der Waals surface area contributed by atoms with Crippen molar-refractivity contribution in [2.45, 2.75) is 37.8 Å². The van der Waals surface area contributed by atoms with E-state index in [1.165, 1.54) is 36.1 Å². The average molecular weight is 524 g/mol. The van der Waals surface area contributed by atoms with Crippen molar-refractivity contribution >= 4 is 23.9 Å². The molecule has 0 bridgehead atoms. The molecule has 0 aliphatic carbocycles. The van der Waals surface area contributed by atoms with E-state index in [2.05, 4.69) is 5.32 Å². The predicted molar refractivity (Wildman–Crippen MR) is 133 cm³/mol. The molecule has 2 aliphatic rings. The number of carboxylic acids is 1. The maximum atomic E-state index is 13.4. The average Bonchev–Trinajstić information content (AvgIpc) is 3.38. The highest BCUT2D eigenvalue weighted by atomic mass is 16.6. The third-order valence-corrected chi connectivity index (χ3v) is 6.90. The zero-order chi connectivity index (χ0) is 27.4. The number of hydrogen-bond acceptors (Lipinski definition) is 8. The van der Waals surface area contributed by atoms with Crippen LogP contribution in [0.2, 0.25) is 0 Å².